The van der Waals surface area contributed by atoms with Crippen LogP contribution in [0.5, 0.6) is 0 Å². The Morgan fingerprint density at radius 3 is 2.62 bits per heavy atom. The molecule has 1 aromatic carbocycles. The van der Waals surface area contributed by atoms with Crippen molar-refractivity contribution in [2.24, 2.45) is 0 Å². The Balaban J connectivity index is 2.50. The fourth-order valence-electron chi connectivity index (χ4n) is 1.12. The lowest BCUT2D eigenvalue weighted by Crippen LogP contribution is -1.91. The standard InChI is InChI=1S/C10H4BrCl2IN2/c11-6-2-1-5(3-7(6)12)10-15-4-8(14)9(13)16-10/h1-4H. The Labute approximate surface area is 125 Å². The zero-order valence-electron chi connectivity index (χ0n) is 7.72. The van der Waals surface area contributed by atoms with E-state index in [2.05, 4.69) is 48.5 Å². The lowest BCUT2D eigenvalue weighted by Gasteiger charge is -2.03. The van der Waals surface area contributed by atoms with Gasteiger partial charge in [-0.25, -0.2) is 9.97 Å². The van der Waals surface area contributed by atoms with Crippen molar-refractivity contribution in [3.05, 3.63) is 42.6 Å². The van der Waals surface area contributed by atoms with Crippen molar-refractivity contribution in [3.63, 3.8) is 0 Å². The summed E-state index contributed by atoms with van der Waals surface area (Å²) in [6, 6.07) is 5.53. The maximum atomic E-state index is 6.00. The maximum Gasteiger partial charge on any atom is 0.160 e. The van der Waals surface area contributed by atoms with E-state index in [1.165, 1.54) is 0 Å². The molecule has 0 saturated heterocycles. The van der Waals surface area contributed by atoms with Crippen LogP contribution >= 0.6 is 61.7 Å². The summed E-state index contributed by atoms with van der Waals surface area (Å²) in [7, 11) is 0. The van der Waals surface area contributed by atoms with E-state index in [1.807, 2.05) is 12.1 Å². The molecule has 1 aromatic heterocycles. The highest BCUT2D eigenvalue weighted by Gasteiger charge is 2.06. The van der Waals surface area contributed by atoms with Crippen molar-refractivity contribution in [2.45, 2.75) is 0 Å². The molecule has 0 N–H and O–H groups in total. The minimum Gasteiger partial charge on any atom is -0.235 e. The summed E-state index contributed by atoms with van der Waals surface area (Å²) < 4.78 is 1.67. The predicted molar refractivity (Wildman–Crippen MR) is 77.9 cm³/mol. The van der Waals surface area contributed by atoms with Crippen LogP contribution in [0.4, 0.5) is 0 Å². The molecule has 82 valence electrons. The van der Waals surface area contributed by atoms with Crippen molar-refractivity contribution in [1.29, 1.82) is 0 Å². The molecule has 0 radical (unpaired) electrons. The summed E-state index contributed by atoms with van der Waals surface area (Å²) in [5.41, 5.74) is 0.839. The molecule has 0 amide bonds. The Kier molecular flexibility index (Phi) is 4.05. The first kappa shape index (κ1) is 12.5. The minimum atomic E-state index is 0.449. The van der Waals surface area contributed by atoms with E-state index in [0.29, 0.717) is 16.0 Å². The SMILES string of the molecule is Clc1cc(-c2ncc(I)c(Cl)n2)ccc1Br. The average Bonchev–Trinajstić information content (AvgIpc) is 2.26. The summed E-state index contributed by atoms with van der Waals surface area (Å²) in [5.74, 6) is 0.569. The van der Waals surface area contributed by atoms with Gasteiger partial charge in [-0.05, 0) is 56.7 Å². The van der Waals surface area contributed by atoms with Crippen LogP contribution in [-0.4, -0.2) is 9.97 Å². The highest BCUT2D eigenvalue weighted by atomic mass is 127. The summed E-state index contributed by atoms with van der Waals surface area (Å²) in [5, 5.41) is 1.07. The van der Waals surface area contributed by atoms with Gasteiger partial charge in [0.05, 0.1) is 8.59 Å². The van der Waals surface area contributed by atoms with Gasteiger partial charge in [0.15, 0.2) is 5.82 Å². The van der Waals surface area contributed by atoms with Gasteiger partial charge in [0, 0.05) is 16.2 Å². The van der Waals surface area contributed by atoms with Crippen LogP contribution in [0.1, 0.15) is 0 Å². The summed E-state index contributed by atoms with van der Waals surface area (Å²) in [6.45, 7) is 0. The van der Waals surface area contributed by atoms with Crippen molar-refractivity contribution < 1.29 is 0 Å². The number of halogens is 4. The lowest BCUT2D eigenvalue weighted by molar-refractivity contribution is 1.16. The van der Waals surface area contributed by atoms with Crippen molar-refractivity contribution in [2.75, 3.05) is 0 Å². The topological polar surface area (TPSA) is 25.8 Å². The number of aromatic nitrogens is 2. The van der Waals surface area contributed by atoms with Gasteiger partial charge in [-0.3, -0.25) is 0 Å². The Hall–Kier alpha value is 0.0900. The quantitative estimate of drug-likeness (QED) is 0.480. The summed E-state index contributed by atoms with van der Waals surface area (Å²) >= 11 is 17.3. The summed E-state index contributed by atoms with van der Waals surface area (Å²) in [4.78, 5) is 8.39. The Morgan fingerprint density at radius 1 is 1.25 bits per heavy atom. The molecule has 2 aromatic rings. The molecule has 1 heterocycles. The van der Waals surface area contributed by atoms with Gasteiger partial charge >= 0.3 is 0 Å². The van der Waals surface area contributed by atoms with Crippen LogP contribution in [0.15, 0.2) is 28.9 Å². The third kappa shape index (κ3) is 2.67. The Bertz CT molecular complexity index is 499. The van der Waals surface area contributed by atoms with Crippen LogP contribution in [0, 0.1) is 3.57 Å². The number of hydrogen-bond donors (Lipinski definition) is 0. The maximum absolute atomic E-state index is 6.00. The second-order valence-corrected chi connectivity index (χ2v) is 5.74. The van der Waals surface area contributed by atoms with Gasteiger partial charge in [0.1, 0.15) is 5.15 Å². The second kappa shape index (κ2) is 5.16. The van der Waals surface area contributed by atoms with Crippen LogP contribution < -0.4 is 0 Å². The van der Waals surface area contributed by atoms with E-state index in [4.69, 9.17) is 23.2 Å². The molecule has 0 unspecified atom stereocenters. The molecule has 0 saturated carbocycles. The molecular weight excluding hydrogens is 426 g/mol. The molecule has 0 aliphatic rings. The van der Waals surface area contributed by atoms with Crippen LogP contribution in [0.25, 0.3) is 11.4 Å². The molecule has 0 spiro atoms. The number of nitrogens with zero attached hydrogens (tertiary/aromatic N) is 2. The van der Waals surface area contributed by atoms with Crippen LogP contribution in [0.2, 0.25) is 10.2 Å². The van der Waals surface area contributed by atoms with Gasteiger partial charge in [-0.15, -0.1) is 0 Å². The molecular formula is C10H4BrCl2IN2. The normalized spacial score (nSPS) is 10.5. The second-order valence-electron chi connectivity index (χ2n) is 2.96. The van der Waals surface area contributed by atoms with Gasteiger partial charge in [0.25, 0.3) is 0 Å². The highest BCUT2D eigenvalue weighted by Crippen LogP contribution is 2.28. The zero-order valence-corrected chi connectivity index (χ0v) is 13.0. The van der Waals surface area contributed by atoms with Gasteiger partial charge in [-0.1, -0.05) is 23.2 Å². The summed E-state index contributed by atoms with van der Waals surface area (Å²) in [6.07, 6.45) is 1.68. The first-order valence-electron chi connectivity index (χ1n) is 4.21. The third-order valence-corrected chi connectivity index (χ3v) is 4.51. The number of benzene rings is 1. The first-order valence-corrected chi connectivity index (χ1v) is 6.84. The molecule has 0 aliphatic carbocycles. The fraction of sp³-hybridized carbons (Fsp3) is 0. The van der Waals surface area contributed by atoms with E-state index >= 15 is 0 Å². The van der Waals surface area contributed by atoms with Gasteiger partial charge in [-0.2, -0.15) is 0 Å². The van der Waals surface area contributed by atoms with Gasteiger partial charge < -0.3 is 0 Å². The zero-order chi connectivity index (χ0) is 11.7. The molecule has 0 aliphatic heterocycles. The largest absolute Gasteiger partial charge is 0.235 e. The Morgan fingerprint density at radius 2 is 2.00 bits per heavy atom. The third-order valence-electron chi connectivity index (χ3n) is 1.88. The molecule has 16 heavy (non-hydrogen) atoms. The number of rotatable bonds is 1. The predicted octanol–water partition coefficient (Wildman–Crippen LogP) is 4.82. The van der Waals surface area contributed by atoms with Crippen LogP contribution in [0.3, 0.4) is 0 Å². The van der Waals surface area contributed by atoms with E-state index in [9.17, 15) is 0 Å². The minimum absolute atomic E-state index is 0.449. The van der Waals surface area contributed by atoms with E-state index < -0.39 is 0 Å². The van der Waals surface area contributed by atoms with E-state index in [0.717, 1.165) is 13.6 Å². The highest BCUT2D eigenvalue weighted by molar-refractivity contribution is 14.1. The molecule has 6 heteroatoms. The molecule has 0 atom stereocenters. The fourth-order valence-corrected chi connectivity index (χ4v) is 1.94. The van der Waals surface area contributed by atoms with E-state index in [1.54, 1.807) is 12.3 Å². The van der Waals surface area contributed by atoms with Crippen molar-refractivity contribution in [3.8, 4) is 11.4 Å². The smallest absolute Gasteiger partial charge is 0.160 e. The molecule has 0 bridgehead atoms. The van der Waals surface area contributed by atoms with Gasteiger partial charge in [0.2, 0.25) is 0 Å². The molecule has 0 fully saturated rings. The van der Waals surface area contributed by atoms with Crippen molar-refractivity contribution >= 4 is 61.7 Å². The van der Waals surface area contributed by atoms with Crippen molar-refractivity contribution in [1.82, 2.24) is 9.97 Å². The lowest BCUT2D eigenvalue weighted by atomic mass is 10.2. The molecule has 2 nitrogen and oxygen atoms in total. The number of hydrogen-bond acceptors (Lipinski definition) is 2. The van der Waals surface area contributed by atoms with E-state index in [-0.39, 0.29) is 0 Å². The monoisotopic (exact) mass is 428 g/mol. The average molecular weight is 430 g/mol. The van der Waals surface area contributed by atoms with Crippen LogP contribution in [-0.2, 0) is 0 Å². The molecule has 2 rings (SSSR count). The first-order chi connectivity index (χ1) is 7.58.